The number of carbonyl (C=O) groups is 1. The van der Waals surface area contributed by atoms with Gasteiger partial charge in [0.15, 0.2) is 0 Å². The van der Waals surface area contributed by atoms with Gasteiger partial charge in [0.05, 0.1) is 18.5 Å². The van der Waals surface area contributed by atoms with Crippen LogP contribution in [0.2, 0.25) is 0 Å². The van der Waals surface area contributed by atoms with Crippen molar-refractivity contribution in [2.75, 3.05) is 12.3 Å². The van der Waals surface area contributed by atoms with Crippen LogP contribution in [-0.4, -0.2) is 22.3 Å². The molecule has 0 unspecified atom stereocenters. The predicted octanol–water partition coefficient (Wildman–Crippen LogP) is 1.72. The zero-order valence-electron chi connectivity index (χ0n) is 11.4. The van der Waals surface area contributed by atoms with Crippen LogP contribution in [0.3, 0.4) is 0 Å². The van der Waals surface area contributed by atoms with Crippen LogP contribution in [0.15, 0.2) is 24.5 Å². The first-order valence-corrected chi connectivity index (χ1v) is 7.47. The Balaban J connectivity index is 1.75. The van der Waals surface area contributed by atoms with Crippen LogP contribution < -0.4 is 5.73 Å². The summed E-state index contributed by atoms with van der Waals surface area (Å²) in [6, 6.07) is 5.87. The smallest absolute Gasteiger partial charge is 0.227 e. The SMILES string of the molecule is N#Cc1c(N)sc2c1CCN(C(=O)Cc1ccncc1)C2. The first kappa shape index (κ1) is 13.6. The quantitative estimate of drug-likeness (QED) is 0.915. The van der Waals surface area contributed by atoms with E-state index in [1.54, 1.807) is 12.4 Å². The average Bonchev–Trinajstić information content (AvgIpc) is 2.82. The number of thiophene rings is 1. The topological polar surface area (TPSA) is 83.0 Å². The number of hydrogen-bond acceptors (Lipinski definition) is 5. The monoisotopic (exact) mass is 298 g/mol. The number of carbonyl (C=O) groups excluding carboxylic acids is 1. The number of nitrogens with zero attached hydrogens (tertiary/aromatic N) is 3. The summed E-state index contributed by atoms with van der Waals surface area (Å²) in [5.41, 5.74) is 8.44. The highest BCUT2D eigenvalue weighted by Crippen LogP contribution is 2.34. The van der Waals surface area contributed by atoms with Crippen molar-refractivity contribution < 1.29 is 4.79 Å². The van der Waals surface area contributed by atoms with E-state index in [2.05, 4.69) is 11.1 Å². The molecule has 21 heavy (non-hydrogen) atoms. The molecule has 2 N–H and O–H groups in total. The maximum atomic E-state index is 12.4. The largest absolute Gasteiger partial charge is 0.389 e. The maximum absolute atomic E-state index is 12.4. The van der Waals surface area contributed by atoms with Crippen LogP contribution in [0.5, 0.6) is 0 Å². The maximum Gasteiger partial charge on any atom is 0.227 e. The number of pyridine rings is 1. The molecular formula is C15H14N4OS. The second-order valence-corrected chi connectivity index (χ2v) is 6.09. The second kappa shape index (κ2) is 5.54. The van der Waals surface area contributed by atoms with E-state index in [4.69, 9.17) is 11.0 Å². The molecule has 2 aromatic rings. The van der Waals surface area contributed by atoms with Gasteiger partial charge in [-0.2, -0.15) is 5.26 Å². The van der Waals surface area contributed by atoms with Crippen molar-refractivity contribution in [1.82, 2.24) is 9.88 Å². The summed E-state index contributed by atoms with van der Waals surface area (Å²) in [6.07, 6.45) is 4.46. The molecule has 3 heterocycles. The fraction of sp³-hybridized carbons (Fsp3) is 0.267. The molecule has 1 aliphatic heterocycles. The van der Waals surface area contributed by atoms with Crippen LogP contribution in [0.25, 0.3) is 0 Å². The Kier molecular flexibility index (Phi) is 3.59. The number of fused-ring (bicyclic) bond motifs is 1. The number of hydrogen-bond donors (Lipinski definition) is 1. The molecule has 0 bridgehead atoms. The van der Waals surface area contributed by atoms with Gasteiger partial charge in [-0.3, -0.25) is 9.78 Å². The van der Waals surface area contributed by atoms with Crippen molar-refractivity contribution in [3.8, 4) is 6.07 Å². The Labute approximate surface area is 126 Å². The summed E-state index contributed by atoms with van der Waals surface area (Å²) in [7, 11) is 0. The van der Waals surface area contributed by atoms with Gasteiger partial charge in [0.2, 0.25) is 5.91 Å². The highest BCUT2D eigenvalue weighted by atomic mass is 32.1. The molecule has 0 saturated heterocycles. The van der Waals surface area contributed by atoms with Crippen molar-refractivity contribution in [3.05, 3.63) is 46.1 Å². The van der Waals surface area contributed by atoms with Gasteiger partial charge in [0.1, 0.15) is 11.1 Å². The molecule has 106 valence electrons. The molecular weight excluding hydrogens is 284 g/mol. The van der Waals surface area contributed by atoms with Gasteiger partial charge in [0, 0.05) is 23.8 Å². The number of nitrogen functional groups attached to an aromatic ring is 1. The van der Waals surface area contributed by atoms with Gasteiger partial charge in [-0.1, -0.05) is 0 Å². The Morgan fingerprint density at radius 3 is 2.95 bits per heavy atom. The highest BCUT2D eigenvalue weighted by molar-refractivity contribution is 7.16. The molecule has 0 saturated carbocycles. The molecule has 0 spiro atoms. The minimum atomic E-state index is 0.0947. The van der Waals surface area contributed by atoms with Crippen molar-refractivity contribution in [2.45, 2.75) is 19.4 Å². The van der Waals surface area contributed by atoms with Crippen LogP contribution >= 0.6 is 11.3 Å². The third-order valence-electron chi connectivity index (χ3n) is 3.65. The molecule has 0 fully saturated rings. The minimum Gasteiger partial charge on any atom is -0.389 e. The van der Waals surface area contributed by atoms with Crippen LogP contribution in [-0.2, 0) is 24.2 Å². The lowest BCUT2D eigenvalue weighted by Gasteiger charge is -2.27. The van der Waals surface area contributed by atoms with Gasteiger partial charge >= 0.3 is 0 Å². The van der Waals surface area contributed by atoms with E-state index >= 15 is 0 Å². The lowest BCUT2D eigenvalue weighted by atomic mass is 10.0. The average molecular weight is 298 g/mol. The lowest BCUT2D eigenvalue weighted by Crippen LogP contribution is -2.36. The predicted molar refractivity (Wildman–Crippen MR) is 80.5 cm³/mol. The van der Waals surface area contributed by atoms with Crippen LogP contribution in [0.1, 0.15) is 21.6 Å². The van der Waals surface area contributed by atoms with E-state index < -0.39 is 0 Å². The molecule has 6 heteroatoms. The third kappa shape index (κ3) is 2.60. The minimum absolute atomic E-state index is 0.0947. The van der Waals surface area contributed by atoms with Crippen molar-refractivity contribution in [3.63, 3.8) is 0 Å². The number of anilines is 1. The number of nitriles is 1. The second-order valence-electron chi connectivity index (χ2n) is 4.95. The molecule has 0 aromatic carbocycles. The Morgan fingerprint density at radius 2 is 2.24 bits per heavy atom. The summed E-state index contributed by atoms with van der Waals surface area (Å²) in [4.78, 5) is 19.2. The summed E-state index contributed by atoms with van der Waals surface area (Å²) in [5, 5.41) is 9.68. The fourth-order valence-corrected chi connectivity index (χ4v) is 3.63. The summed E-state index contributed by atoms with van der Waals surface area (Å²) in [6.45, 7) is 1.19. The van der Waals surface area contributed by atoms with Gasteiger partial charge in [-0.25, -0.2) is 0 Å². The first-order chi connectivity index (χ1) is 10.2. The molecule has 5 nitrogen and oxygen atoms in total. The molecule has 0 atom stereocenters. The summed E-state index contributed by atoms with van der Waals surface area (Å²) >= 11 is 1.42. The van der Waals surface area contributed by atoms with E-state index in [-0.39, 0.29) is 5.91 Å². The number of rotatable bonds is 2. The molecule has 2 aromatic heterocycles. The first-order valence-electron chi connectivity index (χ1n) is 6.66. The summed E-state index contributed by atoms with van der Waals surface area (Å²) in [5.74, 6) is 0.0947. The zero-order valence-corrected chi connectivity index (χ0v) is 12.2. The Bertz CT molecular complexity index is 717. The van der Waals surface area contributed by atoms with Crippen molar-refractivity contribution >= 4 is 22.2 Å². The van der Waals surface area contributed by atoms with Gasteiger partial charge in [0.25, 0.3) is 0 Å². The van der Waals surface area contributed by atoms with E-state index in [1.165, 1.54) is 11.3 Å². The van der Waals surface area contributed by atoms with E-state index in [0.29, 0.717) is 36.5 Å². The Morgan fingerprint density at radius 1 is 1.48 bits per heavy atom. The normalized spacial score (nSPS) is 13.6. The van der Waals surface area contributed by atoms with E-state index in [1.807, 2.05) is 17.0 Å². The number of nitrogens with two attached hydrogens (primary N) is 1. The molecule has 0 radical (unpaired) electrons. The molecule has 1 aliphatic rings. The van der Waals surface area contributed by atoms with Gasteiger partial charge in [-0.05, 0) is 29.7 Å². The van der Waals surface area contributed by atoms with Crippen LogP contribution in [0.4, 0.5) is 5.00 Å². The zero-order chi connectivity index (χ0) is 14.8. The third-order valence-corrected chi connectivity index (χ3v) is 4.70. The van der Waals surface area contributed by atoms with E-state index in [9.17, 15) is 4.79 Å². The van der Waals surface area contributed by atoms with Gasteiger partial charge in [-0.15, -0.1) is 11.3 Å². The standard InChI is InChI=1S/C15H14N4OS/c16-8-12-11-3-6-19(9-13(11)21-15(12)17)14(20)7-10-1-4-18-5-2-10/h1-2,4-5H,3,6-7,9,17H2. The molecule has 1 amide bonds. The van der Waals surface area contributed by atoms with Crippen LogP contribution in [0, 0.1) is 11.3 Å². The number of amides is 1. The van der Waals surface area contributed by atoms with Gasteiger partial charge < -0.3 is 10.6 Å². The van der Waals surface area contributed by atoms with Crippen molar-refractivity contribution in [1.29, 1.82) is 5.26 Å². The molecule has 0 aliphatic carbocycles. The van der Waals surface area contributed by atoms with Crippen molar-refractivity contribution in [2.24, 2.45) is 0 Å². The molecule has 3 rings (SSSR count). The lowest BCUT2D eigenvalue weighted by molar-refractivity contribution is -0.131. The fourth-order valence-electron chi connectivity index (χ4n) is 2.55. The Hall–Kier alpha value is -2.39. The van der Waals surface area contributed by atoms with E-state index in [0.717, 1.165) is 16.0 Å². The summed E-state index contributed by atoms with van der Waals surface area (Å²) < 4.78 is 0. The number of aromatic nitrogens is 1. The highest BCUT2D eigenvalue weighted by Gasteiger charge is 2.26.